The zero-order valence-corrected chi connectivity index (χ0v) is 10.6. The molecule has 0 aliphatic heterocycles. The molecule has 2 rings (SSSR count). The summed E-state index contributed by atoms with van der Waals surface area (Å²) in [5, 5.41) is 2.08. The number of furan rings is 1. The lowest BCUT2D eigenvalue weighted by molar-refractivity contribution is 0.475. The molecule has 0 radical (unpaired) electrons. The third kappa shape index (κ3) is 2.93. The molecule has 0 atom stereocenters. The zero-order valence-electron chi connectivity index (χ0n) is 8.20. The van der Waals surface area contributed by atoms with E-state index >= 15 is 0 Å². The fourth-order valence-corrected chi connectivity index (χ4v) is 2.87. The second kappa shape index (κ2) is 4.96. The fourth-order valence-electron chi connectivity index (χ4n) is 1.41. The summed E-state index contributed by atoms with van der Waals surface area (Å²) in [4.78, 5) is 1.30. The molecule has 80 valence electrons. The number of hydrogen-bond donors (Lipinski definition) is 1. The molecule has 2 aromatic heterocycles. The molecule has 0 amide bonds. The van der Waals surface area contributed by atoms with Gasteiger partial charge in [0.25, 0.3) is 0 Å². The molecule has 2 aromatic rings. The quantitative estimate of drug-likeness (QED) is 0.937. The summed E-state index contributed by atoms with van der Waals surface area (Å²) in [7, 11) is 0. The minimum absolute atomic E-state index is 0.636. The van der Waals surface area contributed by atoms with E-state index in [1.54, 1.807) is 11.3 Å². The Bertz CT molecular complexity index is 435. The Labute approximate surface area is 101 Å². The summed E-state index contributed by atoms with van der Waals surface area (Å²) in [5.74, 6) is 1.98. The van der Waals surface area contributed by atoms with Crippen molar-refractivity contribution in [2.45, 2.75) is 12.8 Å². The van der Waals surface area contributed by atoms with Gasteiger partial charge in [0.15, 0.2) is 0 Å². The highest BCUT2D eigenvalue weighted by atomic mass is 79.9. The van der Waals surface area contributed by atoms with Crippen molar-refractivity contribution in [2.75, 3.05) is 6.54 Å². The minimum Gasteiger partial charge on any atom is -0.466 e. The molecule has 2 heterocycles. The van der Waals surface area contributed by atoms with Gasteiger partial charge in [0.2, 0.25) is 0 Å². The number of halogens is 1. The highest BCUT2D eigenvalue weighted by Gasteiger charge is 2.04. The average molecular weight is 286 g/mol. The van der Waals surface area contributed by atoms with Crippen molar-refractivity contribution in [3.63, 3.8) is 0 Å². The molecule has 0 spiro atoms. The third-order valence-electron chi connectivity index (χ3n) is 2.08. The summed E-state index contributed by atoms with van der Waals surface area (Å²) >= 11 is 5.17. The Morgan fingerprint density at radius 3 is 2.80 bits per heavy atom. The lowest BCUT2D eigenvalue weighted by Crippen LogP contribution is -2.01. The number of nitrogens with two attached hydrogens (primary N) is 1. The van der Waals surface area contributed by atoms with Gasteiger partial charge in [0, 0.05) is 27.6 Å². The van der Waals surface area contributed by atoms with E-state index in [2.05, 4.69) is 27.4 Å². The van der Waals surface area contributed by atoms with Crippen LogP contribution in [0.5, 0.6) is 0 Å². The molecule has 0 saturated heterocycles. The Kier molecular flexibility index (Phi) is 3.61. The fraction of sp³-hybridized carbons (Fsp3) is 0.273. The lowest BCUT2D eigenvalue weighted by Gasteiger charge is -1.93. The van der Waals surface area contributed by atoms with E-state index in [0.29, 0.717) is 6.54 Å². The highest BCUT2D eigenvalue weighted by Crippen LogP contribution is 2.23. The van der Waals surface area contributed by atoms with Gasteiger partial charge in [0.05, 0.1) is 0 Å². The molecule has 0 aromatic carbocycles. The molecular weight excluding hydrogens is 274 g/mol. The first kappa shape index (κ1) is 10.9. The third-order valence-corrected chi connectivity index (χ3v) is 3.78. The smallest absolute Gasteiger partial charge is 0.109 e. The topological polar surface area (TPSA) is 39.2 Å². The van der Waals surface area contributed by atoms with Crippen LogP contribution in [-0.2, 0) is 12.8 Å². The standard InChI is InChI=1S/C11H12BrNOS/c12-8-5-11(15-7-8)6-10-2-1-9(14-10)3-4-13/h1-2,5,7H,3-4,6,13H2. The van der Waals surface area contributed by atoms with Crippen molar-refractivity contribution in [3.8, 4) is 0 Å². The van der Waals surface area contributed by atoms with Gasteiger partial charge in [-0.15, -0.1) is 11.3 Å². The molecule has 0 bridgehead atoms. The van der Waals surface area contributed by atoms with Crippen LogP contribution in [0.1, 0.15) is 16.4 Å². The molecule has 15 heavy (non-hydrogen) atoms. The van der Waals surface area contributed by atoms with E-state index in [1.807, 2.05) is 12.1 Å². The van der Waals surface area contributed by atoms with Gasteiger partial charge in [-0.3, -0.25) is 0 Å². The molecule has 0 aliphatic rings. The van der Waals surface area contributed by atoms with Gasteiger partial charge >= 0.3 is 0 Å². The van der Waals surface area contributed by atoms with Crippen molar-refractivity contribution in [2.24, 2.45) is 5.73 Å². The molecule has 0 aliphatic carbocycles. The zero-order chi connectivity index (χ0) is 10.7. The first-order valence-corrected chi connectivity index (χ1v) is 6.46. The number of hydrogen-bond acceptors (Lipinski definition) is 3. The van der Waals surface area contributed by atoms with Crippen molar-refractivity contribution >= 4 is 27.3 Å². The van der Waals surface area contributed by atoms with Crippen LogP contribution in [0, 0.1) is 0 Å². The highest BCUT2D eigenvalue weighted by molar-refractivity contribution is 9.10. The Morgan fingerprint density at radius 1 is 1.33 bits per heavy atom. The first-order chi connectivity index (χ1) is 7.28. The largest absolute Gasteiger partial charge is 0.466 e. The first-order valence-electron chi connectivity index (χ1n) is 4.78. The predicted molar refractivity (Wildman–Crippen MR) is 66.3 cm³/mol. The lowest BCUT2D eigenvalue weighted by atomic mass is 10.3. The van der Waals surface area contributed by atoms with Crippen LogP contribution in [0.15, 0.2) is 32.5 Å². The van der Waals surface area contributed by atoms with Gasteiger partial charge in [-0.1, -0.05) is 0 Å². The van der Waals surface area contributed by atoms with Crippen LogP contribution < -0.4 is 5.73 Å². The Morgan fingerprint density at radius 2 is 2.13 bits per heavy atom. The molecule has 0 unspecified atom stereocenters. The van der Waals surface area contributed by atoms with E-state index in [0.717, 1.165) is 28.8 Å². The van der Waals surface area contributed by atoms with Gasteiger partial charge in [-0.2, -0.15) is 0 Å². The monoisotopic (exact) mass is 285 g/mol. The van der Waals surface area contributed by atoms with Crippen molar-refractivity contribution < 1.29 is 4.42 Å². The van der Waals surface area contributed by atoms with E-state index in [1.165, 1.54) is 4.88 Å². The van der Waals surface area contributed by atoms with Crippen molar-refractivity contribution in [1.29, 1.82) is 0 Å². The normalized spacial score (nSPS) is 10.8. The summed E-state index contributed by atoms with van der Waals surface area (Å²) in [6.07, 6.45) is 1.68. The maximum Gasteiger partial charge on any atom is 0.109 e. The van der Waals surface area contributed by atoms with Gasteiger partial charge in [0.1, 0.15) is 11.5 Å². The van der Waals surface area contributed by atoms with Gasteiger partial charge in [-0.05, 0) is 40.7 Å². The van der Waals surface area contributed by atoms with E-state index in [4.69, 9.17) is 10.2 Å². The molecular formula is C11H12BrNOS. The van der Waals surface area contributed by atoms with Crippen molar-refractivity contribution in [3.05, 3.63) is 44.4 Å². The minimum atomic E-state index is 0.636. The van der Waals surface area contributed by atoms with Crippen LogP contribution in [0.4, 0.5) is 0 Å². The van der Waals surface area contributed by atoms with E-state index in [-0.39, 0.29) is 0 Å². The van der Waals surface area contributed by atoms with Crippen LogP contribution in [0.3, 0.4) is 0 Å². The molecule has 2 nitrogen and oxygen atoms in total. The van der Waals surface area contributed by atoms with Crippen LogP contribution in [0.2, 0.25) is 0 Å². The van der Waals surface area contributed by atoms with E-state index in [9.17, 15) is 0 Å². The number of thiophene rings is 1. The average Bonchev–Trinajstić information content (AvgIpc) is 2.78. The summed E-state index contributed by atoms with van der Waals surface area (Å²) < 4.78 is 6.78. The second-order valence-corrected chi connectivity index (χ2v) is 5.23. The van der Waals surface area contributed by atoms with Crippen LogP contribution in [0.25, 0.3) is 0 Å². The molecule has 2 N–H and O–H groups in total. The molecule has 4 heteroatoms. The molecule has 0 saturated carbocycles. The van der Waals surface area contributed by atoms with Gasteiger partial charge in [-0.25, -0.2) is 0 Å². The Hall–Kier alpha value is -0.580. The van der Waals surface area contributed by atoms with Crippen LogP contribution in [-0.4, -0.2) is 6.54 Å². The summed E-state index contributed by atoms with van der Waals surface area (Å²) in [5.41, 5.74) is 5.46. The summed E-state index contributed by atoms with van der Waals surface area (Å²) in [6.45, 7) is 0.636. The van der Waals surface area contributed by atoms with Crippen molar-refractivity contribution in [1.82, 2.24) is 0 Å². The Balaban J connectivity index is 2.04. The maximum atomic E-state index is 5.65. The van der Waals surface area contributed by atoms with Crippen LogP contribution >= 0.6 is 27.3 Å². The molecule has 0 fully saturated rings. The van der Waals surface area contributed by atoms with Gasteiger partial charge < -0.3 is 10.2 Å². The number of rotatable bonds is 4. The second-order valence-electron chi connectivity index (χ2n) is 3.31. The maximum absolute atomic E-state index is 5.65. The SMILES string of the molecule is NCCc1ccc(Cc2cc(Br)cs2)o1. The summed E-state index contributed by atoms with van der Waals surface area (Å²) in [6, 6.07) is 6.15. The van der Waals surface area contributed by atoms with E-state index < -0.39 is 0 Å². The predicted octanol–water partition coefficient (Wildman–Crippen LogP) is 3.20.